The van der Waals surface area contributed by atoms with E-state index in [4.69, 9.17) is 0 Å². The number of carbonyl (C=O) groups is 1. The molecule has 2 rings (SSSR count). The summed E-state index contributed by atoms with van der Waals surface area (Å²) in [5, 5.41) is 9.45. The summed E-state index contributed by atoms with van der Waals surface area (Å²) in [5.74, 6) is -0.817. The van der Waals surface area contributed by atoms with Crippen LogP contribution in [0.15, 0.2) is 24.4 Å². The Bertz CT molecular complexity index is 402. The van der Waals surface area contributed by atoms with E-state index in [0.29, 0.717) is 5.69 Å². The molecule has 1 aromatic rings. The highest BCUT2D eigenvalue weighted by molar-refractivity contribution is 5.74. The van der Waals surface area contributed by atoms with Crippen LogP contribution in [-0.4, -0.2) is 58.6 Å². The first-order chi connectivity index (χ1) is 9.22. The summed E-state index contributed by atoms with van der Waals surface area (Å²) in [5.41, 5.74) is 0.624. The minimum atomic E-state index is -0.817. The molecule has 104 valence electrons. The van der Waals surface area contributed by atoms with Crippen molar-refractivity contribution in [1.29, 1.82) is 0 Å². The van der Waals surface area contributed by atoms with E-state index in [1.807, 2.05) is 17.0 Å². The summed E-state index contributed by atoms with van der Waals surface area (Å²) in [4.78, 5) is 20.1. The van der Waals surface area contributed by atoms with Gasteiger partial charge in [-0.3, -0.25) is 14.7 Å². The van der Waals surface area contributed by atoms with Crippen molar-refractivity contribution in [3.05, 3.63) is 30.1 Å². The predicted octanol–water partition coefficient (Wildman–Crippen LogP) is 1.23. The SMILES string of the molecule is CCCN1CCN(C(C(=O)O)c2ccccn2)CC1. The quantitative estimate of drug-likeness (QED) is 0.866. The lowest BCUT2D eigenvalue weighted by molar-refractivity contribution is -0.144. The molecule has 5 nitrogen and oxygen atoms in total. The van der Waals surface area contributed by atoms with Gasteiger partial charge >= 0.3 is 5.97 Å². The van der Waals surface area contributed by atoms with Gasteiger partial charge in [0.15, 0.2) is 6.04 Å². The number of pyridine rings is 1. The third kappa shape index (κ3) is 3.52. The van der Waals surface area contributed by atoms with E-state index in [0.717, 1.165) is 39.1 Å². The fourth-order valence-corrected chi connectivity index (χ4v) is 2.57. The average Bonchev–Trinajstić information content (AvgIpc) is 2.42. The molecule has 1 aliphatic rings. The van der Waals surface area contributed by atoms with Crippen LogP contribution in [-0.2, 0) is 4.79 Å². The molecule has 0 aliphatic carbocycles. The minimum absolute atomic E-state index is 0.620. The van der Waals surface area contributed by atoms with Gasteiger partial charge in [-0.2, -0.15) is 0 Å². The fraction of sp³-hybridized carbons (Fsp3) is 0.571. The lowest BCUT2D eigenvalue weighted by atomic mass is 10.1. The van der Waals surface area contributed by atoms with Gasteiger partial charge in [0.1, 0.15) is 0 Å². The molecular weight excluding hydrogens is 242 g/mol. The normalized spacial score (nSPS) is 19.2. The smallest absolute Gasteiger partial charge is 0.327 e. The van der Waals surface area contributed by atoms with E-state index in [2.05, 4.69) is 16.8 Å². The van der Waals surface area contributed by atoms with Crippen molar-refractivity contribution in [2.24, 2.45) is 0 Å². The van der Waals surface area contributed by atoms with Crippen LogP contribution in [0.25, 0.3) is 0 Å². The summed E-state index contributed by atoms with van der Waals surface area (Å²) in [7, 11) is 0. The van der Waals surface area contributed by atoms with Gasteiger partial charge in [-0.05, 0) is 25.1 Å². The summed E-state index contributed by atoms with van der Waals surface area (Å²) >= 11 is 0. The summed E-state index contributed by atoms with van der Waals surface area (Å²) < 4.78 is 0. The van der Waals surface area contributed by atoms with Crippen molar-refractivity contribution in [2.75, 3.05) is 32.7 Å². The molecule has 1 unspecified atom stereocenters. The van der Waals surface area contributed by atoms with Crippen LogP contribution in [0.5, 0.6) is 0 Å². The van der Waals surface area contributed by atoms with E-state index in [1.165, 1.54) is 0 Å². The molecule has 1 atom stereocenters. The third-order valence-electron chi connectivity index (χ3n) is 3.51. The van der Waals surface area contributed by atoms with Gasteiger partial charge in [0.05, 0.1) is 5.69 Å². The Morgan fingerprint density at radius 1 is 1.37 bits per heavy atom. The predicted molar refractivity (Wildman–Crippen MR) is 72.9 cm³/mol. The van der Waals surface area contributed by atoms with E-state index < -0.39 is 12.0 Å². The Balaban J connectivity index is 2.04. The molecule has 0 spiro atoms. The molecule has 2 heterocycles. The van der Waals surface area contributed by atoms with Gasteiger partial charge < -0.3 is 10.0 Å². The van der Waals surface area contributed by atoms with E-state index in [9.17, 15) is 9.90 Å². The van der Waals surface area contributed by atoms with Gasteiger partial charge in [-0.1, -0.05) is 13.0 Å². The number of hydrogen-bond donors (Lipinski definition) is 1. The van der Waals surface area contributed by atoms with Crippen LogP contribution in [0.4, 0.5) is 0 Å². The Morgan fingerprint density at radius 3 is 2.63 bits per heavy atom. The minimum Gasteiger partial charge on any atom is -0.480 e. The van der Waals surface area contributed by atoms with Gasteiger partial charge in [-0.15, -0.1) is 0 Å². The highest BCUT2D eigenvalue weighted by Crippen LogP contribution is 2.20. The monoisotopic (exact) mass is 263 g/mol. The lowest BCUT2D eigenvalue weighted by Gasteiger charge is -2.37. The first-order valence-corrected chi connectivity index (χ1v) is 6.82. The Hall–Kier alpha value is -1.46. The summed E-state index contributed by atoms with van der Waals surface area (Å²) in [6, 6.07) is 4.81. The second-order valence-corrected chi connectivity index (χ2v) is 4.87. The molecule has 1 saturated heterocycles. The molecular formula is C14H21N3O2. The molecule has 19 heavy (non-hydrogen) atoms. The maximum Gasteiger partial charge on any atom is 0.327 e. The highest BCUT2D eigenvalue weighted by atomic mass is 16.4. The van der Waals surface area contributed by atoms with E-state index in [1.54, 1.807) is 12.3 Å². The zero-order valence-corrected chi connectivity index (χ0v) is 11.3. The van der Waals surface area contributed by atoms with Crippen molar-refractivity contribution in [2.45, 2.75) is 19.4 Å². The van der Waals surface area contributed by atoms with Crippen LogP contribution < -0.4 is 0 Å². The van der Waals surface area contributed by atoms with Crippen molar-refractivity contribution >= 4 is 5.97 Å². The third-order valence-corrected chi connectivity index (χ3v) is 3.51. The van der Waals surface area contributed by atoms with Crippen molar-refractivity contribution < 1.29 is 9.90 Å². The number of rotatable bonds is 5. The zero-order chi connectivity index (χ0) is 13.7. The van der Waals surface area contributed by atoms with Crippen LogP contribution >= 0.6 is 0 Å². The second kappa shape index (κ2) is 6.63. The van der Waals surface area contributed by atoms with E-state index >= 15 is 0 Å². The molecule has 1 aromatic heterocycles. The van der Waals surface area contributed by atoms with E-state index in [-0.39, 0.29) is 0 Å². The molecule has 0 amide bonds. The largest absolute Gasteiger partial charge is 0.480 e. The number of nitrogens with zero attached hydrogens (tertiary/aromatic N) is 3. The number of aromatic nitrogens is 1. The fourth-order valence-electron chi connectivity index (χ4n) is 2.57. The maximum atomic E-state index is 11.5. The molecule has 1 N–H and O–H groups in total. The lowest BCUT2D eigenvalue weighted by Crippen LogP contribution is -2.49. The van der Waals surface area contributed by atoms with Gasteiger partial charge in [0, 0.05) is 32.4 Å². The molecule has 0 aromatic carbocycles. The molecule has 5 heteroatoms. The standard InChI is InChI=1S/C14H21N3O2/c1-2-7-16-8-10-17(11-9-16)13(14(18)19)12-5-3-4-6-15-12/h3-6,13H,2,7-11H2,1H3,(H,18,19). The van der Waals surface area contributed by atoms with Crippen LogP contribution in [0.2, 0.25) is 0 Å². The van der Waals surface area contributed by atoms with Gasteiger partial charge in [0.2, 0.25) is 0 Å². The highest BCUT2D eigenvalue weighted by Gasteiger charge is 2.30. The zero-order valence-electron chi connectivity index (χ0n) is 11.3. The summed E-state index contributed by atoms with van der Waals surface area (Å²) in [6.07, 6.45) is 2.79. The number of piperazine rings is 1. The molecule has 0 radical (unpaired) electrons. The Morgan fingerprint density at radius 2 is 2.11 bits per heavy atom. The van der Waals surface area contributed by atoms with Crippen molar-refractivity contribution in [3.63, 3.8) is 0 Å². The number of carboxylic acids is 1. The van der Waals surface area contributed by atoms with Gasteiger partial charge in [-0.25, -0.2) is 0 Å². The molecule has 1 fully saturated rings. The van der Waals surface area contributed by atoms with Crippen LogP contribution in [0.1, 0.15) is 25.1 Å². The average molecular weight is 263 g/mol. The summed E-state index contributed by atoms with van der Waals surface area (Å²) in [6.45, 7) is 6.70. The molecule has 1 aliphatic heterocycles. The molecule has 0 saturated carbocycles. The van der Waals surface area contributed by atoms with Crippen molar-refractivity contribution in [3.8, 4) is 0 Å². The van der Waals surface area contributed by atoms with Crippen LogP contribution in [0, 0.1) is 0 Å². The number of carboxylic acid groups (broad SMARTS) is 1. The Labute approximate surface area is 113 Å². The topological polar surface area (TPSA) is 56.7 Å². The second-order valence-electron chi connectivity index (χ2n) is 4.87. The first kappa shape index (κ1) is 14.0. The maximum absolute atomic E-state index is 11.5. The van der Waals surface area contributed by atoms with Crippen LogP contribution in [0.3, 0.4) is 0 Å². The number of hydrogen-bond acceptors (Lipinski definition) is 4. The Kier molecular flexibility index (Phi) is 4.87. The number of aliphatic carboxylic acids is 1. The van der Waals surface area contributed by atoms with Crippen molar-refractivity contribution in [1.82, 2.24) is 14.8 Å². The molecule has 0 bridgehead atoms. The van der Waals surface area contributed by atoms with Gasteiger partial charge in [0.25, 0.3) is 0 Å². The first-order valence-electron chi connectivity index (χ1n) is 6.82.